The van der Waals surface area contributed by atoms with E-state index in [1.54, 1.807) is 48.5 Å². The van der Waals surface area contributed by atoms with E-state index in [1.807, 2.05) is 24.3 Å². The first-order chi connectivity index (χ1) is 13.7. The van der Waals surface area contributed by atoms with Crippen molar-refractivity contribution in [2.75, 3.05) is 10.6 Å². The van der Waals surface area contributed by atoms with Gasteiger partial charge in [0.15, 0.2) is 0 Å². The first-order valence-electron chi connectivity index (χ1n) is 9.31. The zero-order chi connectivity index (χ0) is 21.0. The third-order valence-corrected chi connectivity index (χ3v) is 4.75. The molecular weight excluding hydrogens is 384 g/mol. The summed E-state index contributed by atoms with van der Waals surface area (Å²) in [5.74, 6) is -0.449. The highest BCUT2D eigenvalue weighted by atomic mass is 35.5. The number of rotatable bonds is 4. The summed E-state index contributed by atoms with van der Waals surface area (Å²) in [5.41, 5.74) is 3.47. The molecular formula is C24H23ClN2O2. The average Bonchev–Trinajstić information content (AvgIpc) is 2.68. The summed E-state index contributed by atoms with van der Waals surface area (Å²) in [4.78, 5) is 24.9. The zero-order valence-electron chi connectivity index (χ0n) is 16.6. The van der Waals surface area contributed by atoms with Crippen LogP contribution in [0.25, 0.3) is 0 Å². The van der Waals surface area contributed by atoms with Crippen molar-refractivity contribution in [2.45, 2.75) is 26.2 Å². The van der Waals surface area contributed by atoms with Crippen LogP contribution in [0.15, 0.2) is 72.8 Å². The molecule has 0 radical (unpaired) electrons. The monoisotopic (exact) mass is 406 g/mol. The largest absolute Gasteiger partial charge is 0.322 e. The third-order valence-electron chi connectivity index (χ3n) is 4.50. The minimum atomic E-state index is -0.247. The number of carbonyl (C=O) groups excluding carboxylic acids is 2. The number of hydrogen-bond donors (Lipinski definition) is 2. The molecule has 4 nitrogen and oxygen atoms in total. The molecule has 3 aromatic rings. The lowest BCUT2D eigenvalue weighted by atomic mass is 9.87. The highest BCUT2D eigenvalue weighted by molar-refractivity contribution is 6.30. The summed E-state index contributed by atoms with van der Waals surface area (Å²) >= 11 is 5.86. The molecule has 0 heterocycles. The van der Waals surface area contributed by atoms with Gasteiger partial charge in [-0.2, -0.15) is 0 Å². The Morgan fingerprint density at radius 3 is 1.62 bits per heavy atom. The first-order valence-corrected chi connectivity index (χ1v) is 9.69. The summed E-state index contributed by atoms with van der Waals surface area (Å²) in [6.45, 7) is 6.39. The molecule has 0 bridgehead atoms. The van der Waals surface area contributed by atoms with E-state index in [2.05, 4.69) is 31.4 Å². The van der Waals surface area contributed by atoms with Crippen LogP contribution in [0.1, 0.15) is 47.1 Å². The Morgan fingerprint density at radius 2 is 1.17 bits per heavy atom. The molecule has 0 aliphatic heterocycles. The van der Waals surface area contributed by atoms with Crippen LogP contribution < -0.4 is 10.6 Å². The number of carbonyl (C=O) groups is 2. The van der Waals surface area contributed by atoms with Gasteiger partial charge in [-0.25, -0.2) is 0 Å². The van der Waals surface area contributed by atoms with Gasteiger partial charge in [0.2, 0.25) is 0 Å². The molecule has 0 atom stereocenters. The van der Waals surface area contributed by atoms with Gasteiger partial charge in [-0.05, 0) is 65.6 Å². The molecule has 0 spiro atoms. The van der Waals surface area contributed by atoms with E-state index in [-0.39, 0.29) is 17.2 Å². The molecule has 29 heavy (non-hydrogen) atoms. The molecule has 2 amide bonds. The standard InChI is InChI=1S/C24H23ClN2O2/c1-24(2,3)18-11-7-16(8-12-18)22(28)26-20-5-4-6-21(15-20)27-23(29)17-9-13-19(25)14-10-17/h4-15H,1-3H3,(H,26,28)(H,27,29). The van der Waals surface area contributed by atoms with Crippen LogP contribution in [0, 0.1) is 0 Å². The van der Waals surface area contributed by atoms with Crippen LogP contribution in [0.2, 0.25) is 5.02 Å². The van der Waals surface area contributed by atoms with Crippen molar-refractivity contribution in [3.63, 3.8) is 0 Å². The molecule has 0 aliphatic carbocycles. The fraction of sp³-hybridized carbons (Fsp3) is 0.167. The Balaban J connectivity index is 1.68. The van der Waals surface area contributed by atoms with Crippen molar-refractivity contribution < 1.29 is 9.59 Å². The van der Waals surface area contributed by atoms with Gasteiger partial charge in [0.05, 0.1) is 0 Å². The normalized spacial score (nSPS) is 11.0. The Hall–Kier alpha value is -3.11. The molecule has 0 unspecified atom stereocenters. The van der Waals surface area contributed by atoms with Gasteiger partial charge >= 0.3 is 0 Å². The van der Waals surface area contributed by atoms with Gasteiger partial charge in [0.1, 0.15) is 0 Å². The maximum absolute atomic E-state index is 12.6. The van der Waals surface area contributed by atoms with Gasteiger partial charge < -0.3 is 10.6 Å². The van der Waals surface area contributed by atoms with Crippen molar-refractivity contribution >= 4 is 34.8 Å². The van der Waals surface area contributed by atoms with Crippen LogP contribution >= 0.6 is 11.6 Å². The van der Waals surface area contributed by atoms with Gasteiger partial charge in [0, 0.05) is 27.5 Å². The van der Waals surface area contributed by atoms with Crippen LogP contribution in [0.5, 0.6) is 0 Å². The fourth-order valence-electron chi connectivity index (χ4n) is 2.80. The maximum atomic E-state index is 12.6. The molecule has 0 saturated heterocycles. The molecule has 0 aromatic heterocycles. The quantitative estimate of drug-likeness (QED) is 0.546. The second-order valence-corrected chi connectivity index (χ2v) is 8.26. The molecule has 0 fully saturated rings. The summed E-state index contributed by atoms with van der Waals surface area (Å²) in [7, 11) is 0. The molecule has 3 rings (SSSR count). The SMILES string of the molecule is CC(C)(C)c1ccc(C(=O)Nc2cccc(NC(=O)c3ccc(Cl)cc3)c2)cc1. The predicted molar refractivity (Wildman–Crippen MR) is 119 cm³/mol. The van der Waals surface area contributed by atoms with Crippen LogP contribution in [0.4, 0.5) is 11.4 Å². The van der Waals surface area contributed by atoms with Crippen molar-refractivity contribution in [1.29, 1.82) is 0 Å². The Morgan fingerprint density at radius 1 is 0.724 bits per heavy atom. The minimum absolute atomic E-state index is 0.0334. The lowest BCUT2D eigenvalue weighted by Crippen LogP contribution is -2.15. The number of hydrogen-bond acceptors (Lipinski definition) is 2. The zero-order valence-corrected chi connectivity index (χ0v) is 17.4. The molecule has 0 aliphatic rings. The van der Waals surface area contributed by atoms with E-state index in [1.165, 1.54) is 5.56 Å². The molecule has 5 heteroatoms. The lowest BCUT2D eigenvalue weighted by molar-refractivity contribution is 0.101. The topological polar surface area (TPSA) is 58.2 Å². The van der Waals surface area contributed by atoms with E-state index in [0.717, 1.165) is 0 Å². The lowest BCUT2D eigenvalue weighted by Gasteiger charge is -2.19. The van der Waals surface area contributed by atoms with Crippen molar-refractivity contribution in [3.8, 4) is 0 Å². The number of halogens is 1. The molecule has 0 saturated carbocycles. The van der Waals surface area contributed by atoms with Crippen LogP contribution in [0.3, 0.4) is 0 Å². The third kappa shape index (κ3) is 5.46. The van der Waals surface area contributed by atoms with E-state index in [4.69, 9.17) is 11.6 Å². The second kappa shape index (κ2) is 8.50. The number of anilines is 2. The summed E-state index contributed by atoms with van der Waals surface area (Å²) < 4.78 is 0. The first kappa shape index (κ1) is 20.6. The van der Waals surface area contributed by atoms with E-state index >= 15 is 0 Å². The Kier molecular flexibility index (Phi) is 6.04. The Labute approximate surface area is 175 Å². The maximum Gasteiger partial charge on any atom is 0.255 e. The number of benzene rings is 3. The van der Waals surface area contributed by atoms with Gasteiger partial charge in [0.25, 0.3) is 11.8 Å². The number of amides is 2. The molecule has 148 valence electrons. The van der Waals surface area contributed by atoms with Gasteiger partial charge in [-0.15, -0.1) is 0 Å². The average molecular weight is 407 g/mol. The summed E-state index contributed by atoms with van der Waals surface area (Å²) in [6, 6.07) is 21.3. The van der Waals surface area contributed by atoms with Gasteiger partial charge in [-0.3, -0.25) is 9.59 Å². The second-order valence-electron chi connectivity index (χ2n) is 7.82. The van der Waals surface area contributed by atoms with E-state index < -0.39 is 0 Å². The molecule has 3 aromatic carbocycles. The van der Waals surface area contributed by atoms with Gasteiger partial charge in [-0.1, -0.05) is 50.6 Å². The number of nitrogens with one attached hydrogen (secondary N) is 2. The van der Waals surface area contributed by atoms with Crippen molar-refractivity contribution in [3.05, 3.63) is 94.5 Å². The van der Waals surface area contributed by atoms with E-state index in [9.17, 15) is 9.59 Å². The van der Waals surface area contributed by atoms with E-state index in [0.29, 0.717) is 27.5 Å². The smallest absolute Gasteiger partial charge is 0.255 e. The fourth-order valence-corrected chi connectivity index (χ4v) is 2.93. The van der Waals surface area contributed by atoms with Crippen LogP contribution in [-0.2, 0) is 5.41 Å². The minimum Gasteiger partial charge on any atom is -0.322 e. The highest BCUT2D eigenvalue weighted by Gasteiger charge is 2.14. The van der Waals surface area contributed by atoms with Crippen molar-refractivity contribution in [2.24, 2.45) is 0 Å². The molecule has 2 N–H and O–H groups in total. The van der Waals surface area contributed by atoms with Crippen molar-refractivity contribution in [1.82, 2.24) is 0 Å². The predicted octanol–water partition coefficient (Wildman–Crippen LogP) is 6.14. The summed E-state index contributed by atoms with van der Waals surface area (Å²) in [5, 5.41) is 6.26. The van der Waals surface area contributed by atoms with Crippen LogP contribution in [-0.4, -0.2) is 11.8 Å². The summed E-state index contributed by atoms with van der Waals surface area (Å²) in [6.07, 6.45) is 0. The Bertz CT molecular complexity index is 1020. The highest BCUT2D eigenvalue weighted by Crippen LogP contribution is 2.23.